The van der Waals surface area contributed by atoms with E-state index in [0.717, 1.165) is 5.56 Å². The van der Waals surface area contributed by atoms with Gasteiger partial charge in [0.2, 0.25) is 5.91 Å². The third kappa shape index (κ3) is 3.95. The zero-order valence-corrected chi connectivity index (χ0v) is 13.1. The van der Waals surface area contributed by atoms with E-state index >= 15 is 0 Å². The number of amides is 1. The average Bonchev–Trinajstić information content (AvgIpc) is 3.06. The summed E-state index contributed by atoms with van der Waals surface area (Å²) in [6.07, 6.45) is 2.11. The van der Waals surface area contributed by atoms with Crippen LogP contribution in [0.1, 0.15) is 6.42 Å². The van der Waals surface area contributed by atoms with Crippen LogP contribution in [-0.4, -0.2) is 41.7 Å². The predicted octanol–water partition coefficient (Wildman–Crippen LogP) is 0.992. The molecule has 1 aromatic heterocycles. The number of rotatable bonds is 4. The Morgan fingerprint density at radius 3 is 2.70 bits per heavy atom. The van der Waals surface area contributed by atoms with Gasteiger partial charge in [-0.2, -0.15) is 5.10 Å². The molecule has 6 nitrogen and oxygen atoms in total. The van der Waals surface area contributed by atoms with Gasteiger partial charge in [0.1, 0.15) is 12.4 Å². The monoisotopic (exact) mass is 337 g/mol. The van der Waals surface area contributed by atoms with Crippen LogP contribution in [0.3, 0.4) is 0 Å². The number of sulfone groups is 1. The lowest BCUT2D eigenvalue weighted by Crippen LogP contribution is -2.37. The predicted molar refractivity (Wildman–Crippen MR) is 82.8 cm³/mol. The number of carbonyl (C=O) groups excluding carboxylic acids is 1. The van der Waals surface area contributed by atoms with E-state index < -0.39 is 9.84 Å². The highest BCUT2D eigenvalue weighted by molar-refractivity contribution is 7.91. The maximum absolute atomic E-state index is 12.9. The molecule has 0 unspecified atom stereocenters. The Bertz CT molecular complexity index is 815. The summed E-state index contributed by atoms with van der Waals surface area (Å²) in [5.41, 5.74) is 1.40. The summed E-state index contributed by atoms with van der Waals surface area (Å²) in [6.45, 7) is 0.0116. The lowest BCUT2D eigenvalue weighted by Gasteiger charge is -2.10. The minimum absolute atomic E-state index is 0.00131. The minimum atomic E-state index is -3.02. The molecule has 0 spiro atoms. The molecule has 0 aliphatic carbocycles. The molecule has 8 heteroatoms. The highest BCUT2D eigenvalue weighted by Crippen LogP contribution is 2.17. The highest BCUT2D eigenvalue weighted by Gasteiger charge is 2.28. The van der Waals surface area contributed by atoms with E-state index in [1.165, 1.54) is 16.8 Å². The van der Waals surface area contributed by atoms with E-state index in [1.54, 1.807) is 24.4 Å². The summed E-state index contributed by atoms with van der Waals surface area (Å²) in [7, 11) is -3.02. The van der Waals surface area contributed by atoms with Crippen LogP contribution in [0.2, 0.25) is 0 Å². The van der Waals surface area contributed by atoms with Gasteiger partial charge < -0.3 is 5.32 Å². The van der Waals surface area contributed by atoms with Gasteiger partial charge in [0, 0.05) is 17.8 Å². The largest absolute Gasteiger partial charge is 0.351 e. The molecule has 1 N–H and O–H groups in total. The molecule has 1 aliphatic heterocycles. The molecule has 0 bridgehead atoms. The molecule has 1 amide bonds. The number of nitrogens with zero attached hydrogens (tertiary/aromatic N) is 2. The third-order valence-electron chi connectivity index (χ3n) is 3.68. The van der Waals surface area contributed by atoms with E-state index in [4.69, 9.17) is 0 Å². The number of benzene rings is 1. The summed E-state index contributed by atoms with van der Waals surface area (Å²) in [6, 6.07) is 7.35. The van der Waals surface area contributed by atoms with Crippen molar-refractivity contribution in [3.63, 3.8) is 0 Å². The molecule has 0 radical (unpaired) electrons. The smallest absolute Gasteiger partial charge is 0.241 e. The van der Waals surface area contributed by atoms with Crippen molar-refractivity contribution in [2.75, 3.05) is 11.5 Å². The Kier molecular flexibility index (Phi) is 4.16. The van der Waals surface area contributed by atoms with Crippen LogP contribution in [0.25, 0.3) is 11.3 Å². The van der Waals surface area contributed by atoms with Crippen molar-refractivity contribution in [3.05, 3.63) is 42.3 Å². The van der Waals surface area contributed by atoms with Gasteiger partial charge in [-0.25, -0.2) is 12.8 Å². The Morgan fingerprint density at radius 1 is 1.30 bits per heavy atom. The first-order chi connectivity index (χ1) is 10.9. The zero-order chi connectivity index (χ0) is 16.4. The van der Waals surface area contributed by atoms with Crippen LogP contribution in [-0.2, 0) is 21.2 Å². The first kappa shape index (κ1) is 15.7. The fourth-order valence-electron chi connectivity index (χ4n) is 2.55. The van der Waals surface area contributed by atoms with E-state index in [9.17, 15) is 17.6 Å². The fraction of sp³-hybridized carbons (Fsp3) is 0.333. The van der Waals surface area contributed by atoms with Gasteiger partial charge in [-0.05, 0) is 36.8 Å². The average molecular weight is 337 g/mol. The van der Waals surface area contributed by atoms with Crippen LogP contribution < -0.4 is 5.32 Å². The van der Waals surface area contributed by atoms with Gasteiger partial charge in [-0.1, -0.05) is 0 Å². The van der Waals surface area contributed by atoms with E-state index in [-0.39, 0.29) is 35.8 Å². The number of aromatic nitrogens is 2. The first-order valence-corrected chi connectivity index (χ1v) is 9.03. The van der Waals surface area contributed by atoms with Gasteiger partial charge in [0.05, 0.1) is 17.2 Å². The topological polar surface area (TPSA) is 81.1 Å². The van der Waals surface area contributed by atoms with Crippen LogP contribution in [0.15, 0.2) is 36.5 Å². The summed E-state index contributed by atoms with van der Waals surface area (Å²) in [5, 5.41) is 6.98. The quantitative estimate of drug-likeness (QED) is 0.902. The molecule has 1 saturated heterocycles. The van der Waals surface area contributed by atoms with E-state index in [0.29, 0.717) is 12.1 Å². The summed E-state index contributed by atoms with van der Waals surface area (Å²) in [5.74, 6) is -0.479. The molecule has 1 aliphatic rings. The molecule has 23 heavy (non-hydrogen) atoms. The lowest BCUT2D eigenvalue weighted by molar-refractivity contribution is -0.122. The number of hydrogen-bond donors (Lipinski definition) is 1. The second kappa shape index (κ2) is 6.11. The molecular weight excluding hydrogens is 321 g/mol. The van der Waals surface area contributed by atoms with Crippen LogP contribution in [0.5, 0.6) is 0 Å². The summed E-state index contributed by atoms with van der Waals surface area (Å²) >= 11 is 0. The first-order valence-electron chi connectivity index (χ1n) is 7.20. The Labute approximate surface area is 133 Å². The van der Waals surface area contributed by atoms with E-state index in [2.05, 4.69) is 10.4 Å². The maximum atomic E-state index is 12.9. The highest BCUT2D eigenvalue weighted by atomic mass is 32.2. The number of hydrogen-bond acceptors (Lipinski definition) is 4. The molecule has 1 atom stereocenters. The SMILES string of the molecule is O=C(Cn1ccc(-c2ccc(F)cc2)n1)N[C@H]1CCS(=O)(=O)C1. The number of nitrogens with one attached hydrogen (secondary N) is 1. The molecule has 0 saturated carbocycles. The molecular formula is C15H16FN3O3S. The van der Waals surface area contributed by atoms with Crippen molar-refractivity contribution in [2.45, 2.75) is 19.0 Å². The van der Waals surface area contributed by atoms with Gasteiger partial charge in [0.15, 0.2) is 9.84 Å². The summed E-state index contributed by atoms with van der Waals surface area (Å²) < 4.78 is 37.1. The second-order valence-electron chi connectivity index (χ2n) is 5.57. The van der Waals surface area contributed by atoms with Crippen molar-refractivity contribution in [1.29, 1.82) is 0 Å². The van der Waals surface area contributed by atoms with Gasteiger partial charge in [0.25, 0.3) is 0 Å². The second-order valence-corrected chi connectivity index (χ2v) is 7.80. The molecule has 122 valence electrons. The maximum Gasteiger partial charge on any atom is 0.241 e. The summed E-state index contributed by atoms with van der Waals surface area (Å²) in [4.78, 5) is 12.0. The van der Waals surface area contributed by atoms with E-state index in [1.807, 2.05) is 0 Å². The number of halogens is 1. The standard InChI is InChI=1S/C15H16FN3O3S/c16-12-3-1-11(2-4-12)14-5-7-19(18-14)9-15(20)17-13-6-8-23(21,22)10-13/h1-5,7,13H,6,8-10H2,(H,17,20)/t13-/m0/s1. The zero-order valence-electron chi connectivity index (χ0n) is 12.3. The number of carbonyl (C=O) groups is 1. The third-order valence-corrected chi connectivity index (χ3v) is 5.45. The molecule has 2 heterocycles. The molecule has 1 aromatic carbocycles. The lowest BCUT2D eigenvalue weighted by atomic mass is 10.1. The van der Waals surface area contributed by atoms with Crippen molar-refractivity contribution in [3.8, 4) is 11.3 Å². The van der Waals surface area contributed by atoms with Crippen LogP contribution in [0.4, 0.5) is 4.39 Å². The Morgan fingerprint density at radius 2 is 2.04 bits per heavy atom. The van der Waals surface area contributed by atoms with Crippen LogP contribution in [0, 0.1) is 5.82 Å². The van der Waals surface area contributed by atoms with Gasteiger partial charge in [-0.3, -0.25) is 9.48 Å². The van der Waals surface area contributed by atoms with Crippen molar-refractivity contribution < 1.29 is 17.6 Å². The van der Waals surface area contributed by atoms with Gasteiger partial charge >= 0.3 is 0 Å². The normalized spacial score (nSPS) is 19.6. The van der Waals surface area contributed by atoms with Crippen molar-refractivity contribution >= 4 is 15.7 Å². The van der Waals surface area contributed by atoms with Crippen molar-refractivity contribution in [1.82, 2.24) is 15.1 Å². The molecule has 2 aromatic rings. The van der Waals surface area contributed by atoms with Crippen LogP contribution >= 0.6 is 0 Å². The Hall–Kier alpha value is -2.22. The fourth-order valence-corrected chi connectivity index (χ4v) is 4.23. The van der Waals surface area contributed by atoms with Crippen molar-refractivity contribution in [2.24, 2.45) is 0 Å². The molecule has 1 fully saturated rings. The Balaban J connectivity index is 1.60. The van der Waals surface area contributed by atoms with Gasteiger partial charge in [-0.15, -0.1) is 0 Å². The minimum Gasteiger partial charge on any atom is -0.351 e. The molecule has 3 rings (SSSR count).